The molecule has 1 saturated heterocycles. The third-order valence-corrected chi connectivity index (χ3v) is 11.0. The number of aryl methyl sites for hydroxylation is 2. The first-order chi connectivity index (χ1) is 28.3. The summed E-state index contributed by atoms with van der Waals surface area (Å²) in [5.41, 5.74) is 8.03. The van der Waals surface area contributed by atoms with Gasteiger partial charge < -0.3 is 29.9 Å². The van der Waals surface area contributed by atoms with Gasteiger partial charge in [-0.2, -0.15) is 20.0 Å². The molecule has 0 bridgehead atoms. The number of piperazine rings is 1. The average molecular weight is 958 g/mol. The van der Waals surface area contributed by atoms with Crippen LogP contribution in [-0.2, 0) is 33.5 Å². The number of phosphoric ester groups is 1. The largest absolute Gasteiger partial charge is 0.524 e. The number of hydrogen-bond acceptors (Lipinski definition) is 15. The Balaban J connectivity index is 1.51. The Labute approximate surface area is 359 Å². The van der Waals surface area contributed by atoms with Crippen molar-refractivity contribution in [2.24, 2.45) is 5.73 Å². The van der Waals surface area contributed by atoms with E-state index in [2.05, 4.69) is 49.0 Å². The number of nitriles is 2. The van der Waals surface area contributed by atoms with Crippen LogP contribution in [0.1, 0.15) is 67.6 Å². The van der Waals surface area contributed by atoms with Crippen molar-refractivity contribution in [3.8, 4) is 17.9 Å². The first-order valence-electron chi connectivity index (χ1n) is 18.6. The molecule has 0 radical (unpaired) electrons. The molecule has 0 spiro atoms. The molecule has 0 saturated carbocycles. The van der Waals surface area contributed by atoms with E-state index in [-0.39, 0.29) is 46.5 Å². The minimum absolute atomic E-state index is 0.0412. The zero-order chi connectivity index (χ0) is 44.1. The van der Waals surface area contributed by atoms with E-state index in [1.807, 2.05) is 22.8 Å². The molecule has 1 aliphatic heterocycles. The summed E-state index contributed by atoms with van der Waals surface area (Å²) >= 11 is 2.14. The van der Waals surface area contributed by atoms with Crippen LogP contribution in [0.4, 0.5) is 27.9 Å². The number of esters is 1. The van der Waals surface area contributed by atoms with Crippen molar-refractivity contribution in [1.29, 1.82) is 10.5 Å². The molecule has 60 heavy (non-hydrogen) atoms. The van der Waals surface area contributed by atoms with Gasteiger partial charge in [-0.1, -0.05) is 42.5 Å². The fourth-order valence-corrected chi connectivity index (χ4v) is 8.36. The molecule has 2 aromatic heterocycles. The molecule has 2 amide bonds. The summed E-state index contributed by atoms with van der Waals surface area (Å²) in [6, 6.07) is 10.2. The van der Waals surface area contributed by atoms with Crippen molar-refractivity contribution in [2.75, 3.05) is 54.6 Å². The molecular formula is C38H45IN11O9P. The average Bonchev–Trinajstić information content (AvgIpc) is 3.59. The van der Waals surface area contributed by atoms with E-state index in [0.717, 1.165) is 4.90 Å². The van der Waals surface area contributed by atoms with Crippen LogP contribution in [0.5, 0.6) is 5.75 Å². The predicted octanol–water partition coefficient (Wildman–Crippen LogP) is 4.46. The molecule has 0 unspecified atom stereocenters. The van der Waals surface area contributed by atoms with Gasteiger partial charge in [-0.05, 0) is 57.0 Å². The zero-order valence-electron chi connectivity index (χ0n) is 33.8. The van der Waals surface area contributed by atoms with E-state index in [4.69, 9.17) is 19.7 Å². The molecule has 1 fully saturated rings. The minimum atomic E-state index is -4.95. The lowest BCUT2D eigenvalue weighted by molar-refractivity contribution is -0.153. The van der Waals surface area contributed by atoms with Crippen LogP contribution in [0, 0.1) is 36.5 Å². The number of benzene rings is 2. The SMILES string of the molecule is CCNc1nc(N(C(=O)OCOC(=O)CC(C)(C)c2c(C)cc(C)cc2OP(=O)(O)O)c2cc(C#N)cc(N3CCN([C@@H](C)C(N)=O)CC3)c2CI)nn2c(C#N)cnc12. The number of primary amides is 1. The number of rotatable bonds is 15. The topological polar surface area (TPSA) is 275 Å². The normalized spacial score (nSPS) is 13.9. The number of nitrogens with zero attached hydrogens (tertiary/aromatic N) is 9. The van der Waals surface area contributed by atoms with Crippen molar-refractivity contribution >= 4 is 77.2 Å². The van der Waals surface area contributed by atoms with Gasteiger partial charge in [0.05, 0.1) is 36.0 Å². The van der Waals surface area contributed by atoms with E-state index >= 15 is 0 Å². The van der Waals surface area contributed by atoms with Gasteiger partial charge in [0.1, 0.15) is 11.8 Å². The second-order valence-corrected chi connectivity index (χ2v) is 16.5. The van der Waals surface area contributed by atoms with E-state index in [0.29, 0.717) is 65.1 Å². The van der Waals surface area contributed by atoms with Crippen LogP contribution < -0.4 is 25.4 Å². The molecule has 5 rings (SSSR count). The smallest absolute Gasteiger partial charge is 0.428 e. The van der Waals surface area contributed by atoms with Crippen LogP contribution in [0.15, 0.2) is 30.5 Å². The van der Waals surface area contributed by atoms with Gasteiger partial charge in [0.25, 0.3) is 5.95 Å². The number of ether oxygens (including phenoxy) is 2. The fraction of sp³-hybridized carbons (Fsp3) is 0.421. The summed E-state index contributed by atoms with van der Waals surface area (Å²) in [4.78, 5) is 72.7. The third kappa shape index (κ3) is 10.2. The van der Waals surface area contributed by atoms with Crippen LogP contribution >= 0.6 is 30.4 Å². The Morgan fingerprint density at radius 1 is 1.10 bits per heavy atom. The first kappa shape index (κ1) is 45.5. The fourth-order valence-electron chi connectivity index (χ4n) is 7.18. The predicted molar refractivity (Wildman–Crippen MR) is 227 cm³/mol. The number of alkyl halides is 1. The Bertz CT molecular complexity index is 2430. The highest BCUT2D eigenvalue weighted by Crippen LogP contribution is 2.45. The molecule has 318 valence electrons. The quantitative estimate of drug-likeness (QED) is 0.0421. The highest BCUT2D eigenvalue weighted by Gasteiger charge is 2.35. The number of nitrogens with one attached hydrogen (secondary N) is 1. The van der Waals surface area contributed by atoms with Crippen LogP contribution in [-0.4, -0.2) is 97.8 Å². The molecule has 1 atom stereocenters. The van der Waals surface area contributed by atoms with E-state index in [9.17, 15) is 39.3 Å². The highest BCUT2D eigenvalue weighted by molar-refractivity contribution is 14.1. The number of amides is 2. The van der Waals surface area contributed by atoms with Gasteiger partial charge in [-0.3, -0.25) is 24.3 Å². The number of halogens is 1. The number of phosphoric acid groups is 1. The van der Waals surface area contributed by atoms with E-state index in [1.54, 1.807) is 46.8 Å². The van der Waals surface area contributed by atoms with Gasteiger partial charge in [0, 0.05) is 59.4 Å². The molecule has 20 nitrogen and oxygen atoms in total. The van der Waals surface area contributed by atoms with Crippen molar-refractivity contribution in [3.05, 3.63) is 64.0 Å². The Morgan fingerprint density at radius 3 is 2.40 bits per heavy atom. The van der Waals surface area contributed by atoms with Gasteiger partial charge in [-0.25, -0.2) is 19.2 Å². The number of anilines is 4. The second-order valence-electron chi connectivity index (χ2n) is 14.6. The molecule has 4 aromatic rings. The Hall–Kier alpha value is -5.58. The monoisotopic (exact) mass is 957 g/mol. The molecule has 5 N–H and O–H groups in total. The Kier molecular flexibility index (Phi) is 14.2. The summed E-state index contributed by atoms with van der Waals surface area (Å²) in [6.45, 7) is 11.8. The minimum Gasteiger partial charge on any atom is -0.428 e. The third-order valence-electron chi connectivity index (χ3n) is 9.84. The summed E-state index contributed by atoms with van der Waals surface area (Å²) in [5, 5.41) is 27.7. The molecule has 0 aliphatic carbocycles. The number of imidazole rings is 1. The van der Waals surface area contributed by atoms with E-state index < -0.39 is 44.0 Å². The van der Waals surface area contributed by atoms with Crippen LogP contribution in [0.3, 0.4) is 0 Å². The number of hydrogen-bond donors (Lipinski definition) is 4. The highest BCUT2D eigenvalue weighted by atomic mass is 127. The molecular weight excluding hydrogens is 912 g/mol. The standard InChI is InChI=1S/C38H45IN11O9P/c1-7-43-34-35-44-20-26(19-41)50(35)46-36(45-34)49(29-15-25(18-40)14-28(27(29)17-39)48-10-8-47(9-11-48)24(4)33(42)52)37(53)58-21-57-31(51)16-38(5,6)32-23(3)12-22(2)13-30(32)59-60(54,55)56/h12-15,20,24H,7-11,16-17,21H2,1-6H3,(H2,42,52)(H,43,45,46)(H2,54,55,56)/t24-/m0/s1. The summed E-state index contributed by atoms with van der Waals surface area (Å²) in [5.74, 6) is -1.40. The molecule has 2 aromatic carbocycles. The first-order valence-corrected chi connectivity index (χ1v) is 21.7. The van der Waals surface area contributed by atoms with E-state index in [1.165, 1.54) is 22.8 Å². The lowest BCUT2D eigenvalue weighted by Crippen LogP contribution is -2.53. The number of fused-ring (bicyclic) bond motifs is 1. The number of carbonyl (C=O) groups is 3. The number of nitrogens with two attached hydrogens (primary N) is 1. The zero-order valence-corrected chi connectivity index (χ0v) is 36.9. The number of aromatic nitrogens is 4. The molecule has 3 heterocycles. The molecule has 1 aliphatic rings. The summed E-state index contributed by atoms with van der Waals surface area (Å²) in [6.07, 6.45) is -0.0977. The van der Waals surface area contributed by atoms with Crippen LogP contribution in [0.25, 0.3) is 5.65 Å². The second kappa shape index (κ2) is 18.8. The lowest BCUT2D eigenvalue weighted by atomic mass is 9.78. The molecule has 22 heteroatoms. The maximum Gasteiger partial charge on any atom is 0.524 e. The summed E-state index contributed by atoms with van der Waals surface area (Å²) in [7, 11) is -4.95. The van der Waals surface area contributed by atoms with Crippen molar-refractivity contribution in [2.45, 2.75) is 63.8 Å². The Morgan fingerprint density at radius 2 is 1.80 bits per heavy atom. The van der Waals surface area contributed by atoms with Gasteiger partial charge in [0.2, 0.25) is 12.7 Å². The van der Waals surface area contributed by atoms with Crippen molar-refractivity contribution in [1.82, 2.24) is 24.5 Å². The summed E-state index contributed by atoms with van der Waals surface area (Å²) < 4.78 is 29.4. The van der Waals surface area contributed by atoms with Gasteiger partial charge in [0.15, 0.2) is 17.2 Å². The van der Waals surface area contributed by atoms with Crippen molar-refractivity contribution in [3.63, 3.8) is 0 Å². The maximum absolute atomic E-state index is 14.4. The van der Waals surface area contributed by atoms with Gasteiger partial charge >= 0.3 is 19.9 Å². The lowest BCUT2D eigenvalue weighted by Gasteiger charge is -2.39. The van der Waals surface area contributed by atoms with Gasteiger partial charge in [-0.15, -0.1) is 5.10 Å². The maximum atomic E-state index is 14.4. The van der Waals surface area contributed by atoms with Crippen molar-refractivity contribution < 1.29 is 42.7 Å². The van der Waals surface area contributed by atoms with Crippen LogP contribution in [0.2, 0.25) is 0 Å². The number of carbonyl (C=O) groups excluding carboxylic acids is 3.